The second-order valence-electron chi connectivity index (χ2n) is 4.87. The number of hydrogen-bond acceptors (Lipinski definition) is 4. The third kappa shape index (κ3) is 6.11. The minimum Gasteiger partial charge on any atom is -1.00 e. The third-order valence-electron chi connectivity index (χ3n) is 1.94. The smallest absolute Gasteiger partial charge is 1.00 e. The van der Waals surface area contributed by atoms with Crippen LogP contribution in [0.3, 0.4) is 0 Å². The van der Waals surface area contributed by atoms with Gasteiger partial charge in [0.2, 0.25) is 0 Å². The predicted octanol–water partition coefficient (Wildman–Crippen LogP) is -1.77. The summed E-state index contributed by atoms with van der Waals surface area (Å²) in [6, 6.07) is 4.31. The van der Waals surface area contributed by atoms with Crippen LogP contribution in [0, 0.1) is 0 Å². The second-order valence-corrected chi connectivity index (χ2v) is 8.18. The number of carboxylic acids is 1. The van der Waals surface area contributed by atoms with Crippen LogP contribution in [0.4, 0.5) is 0 Å². The largest absolute Gasteiger partial charge is 1.00 e. The molecule has 0 bridgehead atoms. The quantitative estimate of drug-likeness (QED) is 0.504. The maximum atomic E-state index is 11.1. The van der Waals surface area contributed by atoms with Crippen LogP contribution in [0.5, 0.6) is 5.75 Å². The Labute approximate surface area is 134 Å². The van der Waals surface area contributed by atoms with E-state index < -0.39 is 16.4 Å². The molecular weight excluding hydrogens is 295 g/mol. The molecule has 0 aliphatic carbocycles. The molecule has 9 heteroatoms. The molecule has 0 aliphatic rings. The van der Waals surface area contributed by atoms with Crippen molar-refractivity contribution in [1.82, 2.24) is 0 Å². The fourth-order valence-electron chi connectivity index (χ4n) is 1.40. The normalized spacial score (nSPS) is 11.6. The summed E-state index contributed by atoms with van der Waals surface area (Å²) in [4.78, 5) is 11.1. The summed E-state index contributed by atoms with van der Waals surface area (Å²) in [6.07, 6.45) is 0. The van der Waals surface area contributed by atoms with Crippen LogP contribution in [0.2, 0.25) is 5.04 Å². The van der Waals surface area contributed by atoms with E-state index in [2.05, 4.69) is 4.18 Å². The van der Waals surface area contributed by atoms with E-state index >= 15 is 0 Å². The SMILES string of the molecule is CC(C)(C)[Si]c1cccc(C(=O)O)c1OS(=O)(=O)O.[H-].[Li+]. The molecule has 0 aliphatic heterocycles. The number of carbonyl (C=O) groups is 1. The Morgan fingerprint density at radius 2 is 1.90 bits per heavy atom. The maximum absolute atomic E-state index is 11.1. The van der Waals surface area contributed by atoms with Gasteiger partial charge in [-0.3, -0.25) is 4.55 Å². The third-order valence-corrected chi connectivity index (χ3v) is 3.73. The summed E-state index contributed by atoms with van der Waals surface area (Å²) in [7, 11) is -4.65. The minimum atomic E-state index is -4.77. The van der Waals surface area contributed by atoms with Crippen molar-refractivity contribution in [3.8, 4) is 5.75 Å². The van der Waals surface area contributed by atoms with E-state index in [9.17, 15) is 13.2 Å². The average molecular weight is 310 g/mol. The van der Waals surface area contributed by atoms with Gasteiger partial charge in [-0.1, -0.05) is 32.9 Å². The molecule has 0 unspecified atom stereocenters. The molecule has 2 N–H and O–H groups in total. The van der Waals surface area contributed by atoms with Gasteiger partial charge in [0, 0.05) is 0 Å². The van der Waals surface area contributed by atoms with E-state index in [4.69, 9.17) is 9.66 Å². The zero-order valence-corrected chi connectivity index (χ0v) is 13.5. The molecular formula is C11H15LiO6SSi. The second kappa shape index (κ2) is 6.78. The number of rotatable bonds is 4. The molecule has 0 saturated carbocycles. The molecule has 0 saturated heterocycles. The first-order valence-electron chi connectivity index (χ1n) is 5.31. The molecule has 1 rings (SSSR count). The number of aromatic carboxylic acids is 1. The van der Waals surface area contributed by atoms with Crippen molar-refractivity contribution >= 4 is 31.1 Å². The van der Waals surface area contributed by atoms with E-state index in [0.717, 1.165) is 0 Å². The zero-order valence-electron chi connectivity index (χ0n) is 12.7. The Kier molecular flexibility index (Phi) is 6.51. The molecule has 0 aromatic heterocycles. The Morgan fingerprint density at radius 1 is 1.35 bits per heavy atom. The van der Waals surface area contributed by atoms with Gasteiger partial charge < -0.3 is 10.7 Å². The summed E-state index contributed by atoms with van der Waals surface area (Å²) in [5.74, 6) is -1.65. The van der Waals surface area contributed by atoms with Gasteiger partial charge in [-0.25, -0.2) is 4.79 Å². The summed E-state index contributed by atoms with van der Waals surface area (Å²) in [6.45, 7) is 5.78. The van der Waals surface area contributed by atoms with E-state index in [0.29, 0.717) is 5.19 Å². The van der Waals surface area contributed by atoms with Crippen LogP contribution in [0.25, 0.3) is 0 Å². The fraction of sp³-hybridized carbons (Fsp3) is 0.364. The molecule has 6 nitrogen and oxygen atoms in total. The molecule has 0 amide bonds. The van der Waals surface area contributed by atoms with Gasteiger partial charge in [0.1, 0.15) is 5.56 Å². The summed E-state index contributed by atoms with van der Waals surface area (Å²) < 4.78 is 34.9. The Bertz CT molecular complexity index is 599. The van der Waals surface area contributed by atoms with Crippen LogP contribution in [0.1, 0.15) is 32.6 Å². The Morgan fingerprint density at radius 3 is 2.30 bits per heavy atom. The van der Waals surface area contributed by atoms with Gasteiger partial charge in [0.15, 0.2) is 5.75 Å². The summed E-state index contributed by atoms with van der Waals surface area (Å²) in [5.41, 5.74) is -0.299. The summed E-state index contributed by atoms with van der Waals surface area (Å²) in [5, 5.41) is 9.29. The van der Waals surface area contributed by atoms with Gasteiger partial charge in [-0.15, -0.1) is 0 Å². The van der Waals surface area contributed by atoms with Crippen molar-refractivity contribution < 1.29 is 47.3 Å². The fourth-order valence-corrected chi connectivity index (χ4v) is 3.15. The Hall–Kier alpha value is -0.786. The topological polar surface area (TPSA) is 101 Å². The van der Waals surface area contributed by atoms with Crippen molar-refractivity contribution in [2.75, 3.05) is 0 Å². The van der Waals surface area contributed by atoms with Crippen LogP contribution in [0.15, 0.2) is 18.2 Å². The molecule has 106 valence electrons. The summed E-state index contributed by atoms with van der Waals surface area (Å²) >= 11 is 0. The molecule has 2 radical (unpaired) electrons. The molecule has 0 spiro atoms. The van der Waals surface area contributed by atoms with Crippen LogP contribution < -0.4 is 28.2 Å². The van der Waals surface area contributed by atoms with E-state index in [1.165, 1.54) is 12.1 Å². The number of carboxylic acid groups (broad SMARTS) is 1. The van der Waals surface area contributed by atoms with Crippen LogP contribution in [-0.4, -0.2) is 33.6 Å². The monoisotopic (exact) mass is 310 g/mol. The molecule has 1 aromatic carbocycles. The predicted molar refractivity (Wildman–Crippen MR) is 71.8 cm³/mol. The minimum absolute atomic E-state index is 0. The van der Waals surface area contributed by atoms with Crippen molar-refractivity contribution in [1.29, 1.82) is 0 Å². The van der Waals surface area contributed by atoms with Gasteiger partial charge in [0.25, 0.3) is 0 Å². The van der Waals surface area contributed by atoms with E-state index in [1.54, 1.807) is 6.07 Å². The van der Waals surface area contributed by atoms with Gasteiger partial charge in [-0.05, 0) is 16.3 Å². The van der Waals surface area contributed by atoms with Crippen LogP contribution >= 0.6 is 0 Å². The maximum Gasteiger partial charge on any atom is 1.00 e. The number of para-hydroxylation sites is 1. The Balaban J connectivity index is 0. The van der Waals surface area contributed by atoms with Crippen molar-refractivity contribution in [3.05, 3.63) is 23.8 Å². The van der Waals surface area contributed by atoms with Crippen molar-refractivity contribution in [2.45, 2.75) is 25.8 Å². The van der Waals surface area contributed by atoms with Crippen molar-refractivity contribution in [2.24, 2.45) is 0 Å². The number of benzene rings is 1. The first kappa shape index (κ1) is 19.2. The van der Waals surface area contributed by atoms with Gasteiger partial charge in [-0.2, -0.15) is 8.42 Å². The first-order chi connectivity index (χ1) is 8.49. The van der Waals surface area contributed by atoms with Gasteiger partial charge in [0.05, 0.1) is 9.52 Å². The molecule has 0 atom stereocenters. The van der Waals surface area contributed by atoms with Crippen LogP contribution in [-0.2, 0) is 10.4 Å². The first-order valence-corrected chi connectivity index (χ1v) is 7.67. The molecule has 20 heavy (non-hydrogen) atoms. The zero-order chi connectivity index (χ0) is 14.8. The number of hydrogen-bond donors (Lipinski definition) is 2. The van der Waals surface area contributed by atoms with E-state index in [1.807, 2.05) is 20.8 Å². The van der Waals surface area contributed by atoms with Crippen molar-refractivity contribution in [3.63, 3.8) is 0 Å². The molecule has 0 fully saturated rings. The van der Waals surface area contributed by atoms with Gasteiger partial charge >= 0.3 is 35.2 Å². The standard InChI is InChI=1S/C11H14O6SSi.Li.H/c1-11(2,3)19-8-6-4-5-7(10(12)13)9(8)17-18(14,15)16;;/h4-6H,1-3H3,(H,12,13)(H,14,15,16);;/q;+1;-1. The average Bonchev–Trinajstić information content (AvgIpc) is 2.15. The molecule has 0 heterocycles. The molecule has 1 aromatic rings. The van der Waals surface area contributed by atoms with E-state index in [-0.39, 0.29) is 46.2 Å².